The summed E-state index contributed by atoms with van der Waals surface area (Å²) in [6.07, 6.45) is 5.06. The normalized spacial score (nSPS) is 31.0. The molecular weight excluding hydrogens is 310 g/mol. The van der Waals surface area contributed by atoms with Crippen LogP contribution in [0.1, 0.15) is 24.3 Å². The first kappa shape index (κ1) is 15.5. The molecule has 1 N–H and O–H groups in total. The van der Waals surface area contributed by atoms with Gasteiger partial charge in [0.2, 0.25) is 5.91 Å². The van der Waals surface area contributed by atoms with E-state index in [0.29, 0.717) is 24.2 Å². The van der Waals surface area contributed by atoms with Crippen LogP contribution in [0.25, 0.3) is 0 Å². The first-order valence-corrected chi connectivity index (χ1v) is 9.61. The van der Waals surface area contributed by atoms with Crippen molar-refractivity contribution in [3.63, 3.8) is 0 Å². The number of ether oxygens (including phenoxy) is 1. The minimum Gasteiger partial charge on any atom is -0.381 e. The van der Waals surface area contributed by atoms with Crippen molar-refractivity contribution in [3.8, 4) is 0 Å². The van der Waals surface area contributed by atoms with Crippen molar-refractivity contribution in [1.29, 1.82) is 0 Å². The molecule has 0 radical (unpaired) electrons. The van der Waals surface area contributed by atoms with Crippen LogP contribution in [0.5, 0.6) is 0 Å². The van der Waals surface area contributed by atoms with Crippen LogP contribution in [0.15, 0.2) is 11.6 Å². The van der Waals surface area contributed by atoms with E-state index in [4.69, 9.17) is 4.74 Å². The zero-order chi connectivity index (χ0) is 15.6. The van der Waals surface area contributed by atoms with Crippen LogP contribution in [0, 0.1) is 23.7 Å². The first-order valence-electron chi connectivity index (χ1n) is 8.73. The van der Waals surface area contributed by atoms with E-state index in [0.717, 1.165) is 45.3 Å². The van der Waals surface area contributed by atoms with Gasteiger partial charge in [0.05, 0.1) is 19.8 Å². The summed E-state index contributed by atoms with van der Waals surface area (Å²) in [4.78, 5) is 19.1. The number of thiazole rings is 1. The lowest BCUT2D eigenvalue weighted by molar-refractivity contribution is -0.124. The third-order valence-electron chi connectivity index (χ3n) is 5.41. The van der Waals surface area contributed by atoms with Gasteiger partial charge in [-0.25, -0.2) is 4.98 Å². The highest BCUT2D eigenvalue weighted by atomic mass is 32.1. The first-order chi connectivity index (χ1) is 11.3. The van der Waals surface area contributed by atoms with E-state index in [9.17, 15) is 4.79 Å². The second-order valence-electron chi connectivity index (χ2n) is 7.29. The minimum atomic E-state index is 0.213. The summed E-state index contributed by atoms with van der Waals surface area (Å²) in [7, 11) is 0. The largest absolute Gasteiger partial charge is 0.381 e. The van der Waals surface area contributed by atoms with E-state index >= 15 is 0 Å². The molecule has 0 unspecified atom stereocenters. The number of fused-ring (bicyclic) bond motifs is 1. The number of amides is 1. The molecule has 5 nitrogen and oxygen atoms in total. The smallest absolute Gasteiger partial charge is 0.220 e. The standard InChI is InChI=1S/C17H25N3O2S/c21-16(19-6-12-1-2-12)5-13-10-22-11-14-7-20(8-15(13)14)9-17-18-3-4-23-17/h3-4,12-15H,1-2,5-11H2,(H,19,21)/t13-,14-,15+/m1/s1. The maximum Gasteiger partial charge on any atom is 0.220 e. The molecule has 1 saturated carbocycles. The fourth-order valence-electron chi connectivity index (χ4n) is 3.95. The Balaban J connectivity index is 1.30. The molecule has 3 fully saturated rings. The molecule has 0 aromatic carbocycles. The van der Waals surface area contributed by atoms with Gasteiger partial charge in [0.15, 0.2) is 0 Å². The Kier molecular flexibility index (Phi) is 4.64. The predicted molar refractivity (Wildman–Crippen MR) is 89.0 cm³/mol. The summed E-state index contributed by atoms with van der Waals surface area (Å²) in [6.45, 7) is 5.54. The van der Waals surface area contributed by atoms with Crippen molar-refractivity contribution in [1.82, 2.24) is 15.2 Å². The van der Waals surface area contributed by atoms with Gasteiger partial charge in [-0.05, 0) is 36.5 Å². The van der Waals surface area contributed by atoms with Crippen LogP contribution >= 0.6 is 11.3 Å². The van der Waals surface area contributed by atoms with E-state index in [1.165, 1.54) is 17.8 Å². The molecule has 0 spiro atoms. The van der Waals surface area contributed by atoms with Gasteiger partial charge in [-0.3, -0.25) is 9.69 Å². The van der Waals surface area contributed by atoms with E-state index in [1.807, 2.05) is 11.6 Å². The molecule has 1 aromatic heterocycles. The quantitative estimate of drug-likeness (QED) is 0.861. The highest BCUT2D eigenvalue weighted by molar-refractivity contribution is 7.09. The van der Waals surface area contributed by atoms with Gasteiger partial charge in [0.1, 0.15) is 5.01 Å². The highest BCUT2D eigenvalue weighted by Crippen LogP contribution is 2.36. The second kappa shape index (κ2) is 6.87. The molecule has 126 valence electrons. The van der Waals surface area contributed by atoms with Gasteiger partial charge in [0, 0.05) is 37.6 Å². The highest BCUT2D eigenvalue weighted by Gasteiger charge is 2.41. The second-order valence-corrected chi connectivity index (χ2v) is 8.27. The maximum atomic E-state index is 12.2. The molecule has 0 bridgehead atoms. The number of likely N-dealkylation sites (tertiary alicyclic amines) is 1. The fourth-order valence-corrected chi connectivity index (χ4v) is 4.60. The van der Waals surface area contributed by atoms with Crippen molar-refractivity contribution in [3.05, 3.63) is 16.6 Å². The van der Waals surface area contributed by atoms with Gasteiger partial charge < -0.3 is 10.1 Å². The van der Waals surface area contributed by atoms with Crippen molar-refractivity contribution in [2.45, 2.75) is 25.8 Å². The summed E-state index contributed by atoms with van der Waals surface area (Å²) < 4.78 is 5.80. The van der Waals surface area contributed by atoms with Crippen molar-refractivity contribution < 1.29 is 9.53 Å². The van der Waals surface area contributed by atoms with Gasteiger partial charge >= 0.3 is 0 Å². The van der Waals surface area contributed by atoms with Gasteiger partial charge in [0.25, 0.3) is 0 Å². The SMILES string of the molecule is O=C(C[C@@H]1COC[C@H]2CN(Cc3nccs3)C[C@@H]12)NCC1CC1. The number of hydrogen-bond donors (Lipinski definition) is 1. The zero-order valence-electron chi connectivity index (χ0n) is 13.4. The number of aromatic nitrogens is 1. The fraction of sp³-hybridized carbons (Fsp3) is 0.765. The minimum absolute atomic E-state index is 0.213. The summed E-state index contributed by atoms with van der Waals surface area (Å²) in [6, 6.07) is 0. The Morgan fingerprint density at radius 2 is 2.30 bits per heavy atom. The lowest BCUT2D eigenvalue weighted by Gasteiger charge is -2.32. The van der Waals surface area contributed by atoms with Gasteiger partial charge in [-0.1, -0.05) is 0 Å². The van der Waals surface area contributed by atoms with E-state index in [2.05, 4.69) is 15.2 Å². The average Bonchev–Trinajstić information content (AvgIpc) is 3.05. The Morgan fingerprint density at radius 1 is 1.39 bits per heavy atom. The average molecular weight is 335 g/mol. The summed E-state index contributed by atoms with van der Waals surface area (Å²) in [5.74, 6) is 2.49. The summed E-state index contributed by atoms with van der Waals surface area (Å²) in [5.41, 5.74) is 0. The van der Waals surface area contributed by atoms with Crippen LogP contribution in [0.4, 0.5) is 0 Å². The molecule has 2 aliphatic heterocycles. The van der Waals surface area contributed by atoms with Crippen molar-refractivity contribution in [2.75, 3.05) is 32.8 Å². The van der Waals surface area contributed by atoms with Crippen molar-refractivity contribution in [2.24, 2.45) is 23.7 Å². The molecule has 1 aromatic rings. The Morgan fingerprint density at radius 3 is 3.09 bits per heavy atom. The van der Waals surface area contributed by atoms with Crippen LogP contribution in [0.2, 0.25) is 0 Å². The molecule has 1 amide bonds. The number of carbonyl (C=O) groups excluding carboxylic acids is 1. The molecule has 2 saturated heterocycles. The number of rotatable bonds is 6. The molecule has 3 atom stereocenters. The molecule has 4 rings (SSSR count). The number of carbonyl (C=O) groups is 1. The lowest BCUT2D eigenvalue weighted by Crippen LogP contribution is -2.38. The van der Waals surface area contributed by atoms with Gasteiger partial charge in [-0.2, -0.15) is 0 Å². The summed E-state index contributed by atoms with van der Waals surface area (Å²) >= 11 is 1.72. The predicted octanol–water partition coefficient (Wildman–Crippen LogP) is 1.75. The van der Waals surface area contributed by atoms with E-state index < -0.39 is 0 Å². The third-order valence-corrected chi connectivity index (χ3v) is 6.18. The third kappa shape index (κ3) is 3.92. The van der Waals surface area contributed by atoms with Gasteiger partial charge in [-0.15, -0.1) is 11.3 Å². The number of nitrogens with one attached hydrogen (secondary N) is 1. The van der Waals surface area contributed by atoms with Crippen LogP contribution < -0.4 is 5.32 Å². The molecule has 3 heterocycles. The van der Waals surface area contributed by atoms with Crippen LogP contribution in [0.3, 0.4) is 0 Å². The van der Waals surface area contributed by atoms with Crippen molar-refractivity contribution >= 4 is 17.2 Å². The molecule has 23 heavy (non-hydrogen) atoms. The van der Waals surface area contributed by atoms with Crippen LogP contribution in [-0.4, -0.2) is 48.6 Å². The topological polar surface area (TPSA) is 54.5 Å². The number of nitrogens with zero attached hydrogens (tertiary/aromatic N) is 2. The molecule has 1 aliphatic carbocycles. The zero-order valence-corrected chi connectivity index (χ0v) is 14.3. The van der Waals surface area contributed by atoms with E-state index in [1.54, 1.807) is 11.3 Å². The number of hydrogen-bond acceptors (Lipinski definition) is 5. The molecule has 3 aliphatic rings. The Hall–Kier alpha value is -0.980. The maximum absolute atomic E-state index is 12.2. The Labute approximate surface area is 141 Å². The van der Waals surface area contributed by atoms with E-state index in [-0.39, 0.29) is 5.91 Å². The summed E-state index contributed by atoms with van der Waals surface area (Å²) in [5, 5.41) is 6.32. The van der Waals surface area contributed by atoms with Crippen LogP contribution in [-0.2, 0) is 16.1 Å². The molecule has 6 heteroatoms. The Bertz CT molecular complexity index is 532. The molecular formula is C17H25N3O2S. The monoisotopic (exact) mass is 335 g/mol. The lowest BCUT2D eigenvalue weighted by atomic mass is 9.81.